The van der Waals surface area contributed by atoms with E-state index in [4.69, 9.17) is 9.47 Å². The van der Waals surface area contributed by atoms with Gasteiger partial charge in [0.2, 0.25) is 5.91 Å². The third kappa shape index (κ3) is 5.84. The van der Waals surface area contributed by atoms with Gasteiger partial charge in [0.05, 0.1) is 13.2 Å². The van der Waals surface area contributed by atoms with Crippen LogP contribution in [0.1, 0.15) is 52.4 Å². The predicted molar refractivity (Wildman–Crippen MR) is 127 cm³/mol. The zero-order valence-corrected chi connectivity index (χ0v) is 20.8. The number of likely N-dealkylation sites (tertiary alicyclic amines) is 1. The summed E-state index contributed by atoms with van der Waals surface area (Å²) in [5, 5.41) is 0. The third-order valence-corrected chi connectivity index (χ3v) is 8.34. The van der Waals surface area contributed by atoms with Crippen molar-refractivity contribution in [2.45, 2.75) is 64.2 Å². The number of hydrogen-bond donors (Lipinski definition) is 0. The number of amides is 1. The van der Waals surface area contributed by atoms with Gasteiger partial charge in [-0.1, -0.05) is 6.92 Å². The maximum absolute atomic E-state index is 13.3. The number of carbonyl (C=O) groups is 1. The Bertz CT molecular complexity index is 604. The lowest BCUT2D eigenvalue weighted by atomic mass is 9.72. The molecule has 4 fully saturated rings. The number of likely N-dealkylation sites (N-methyl/N-ethyl adjacent to an activating group) is 2. The quantitative estimate of drug-likeness (QED) is 0.565. The SMILES string of the molecule is CCCN1C[C@@H](CC(=O)N(CC)CCN2CCN(C)CC2)C[C@@H]2CC3(CC[C@H]21)OCCO3. The maximum atomic E-state index is 13.3. The Morgan fingerprint density at radius 1 is 1.09 bits per heavy atom. The minimum absolute atomic E-state index is 0.330. The summed E-state index contributed by atoms with van der Waals surface area (Å²) in [5.74, 6) is 1.05. The molecule has 7 heteroatoms. The molecule has 1 aliphatic carbocycles. The Morgan fingerprint density at radius 3 is 2.53 bits per heavy atom. The first-order chi connectivity index (χ1) is 15.5. The van der Waals surface area contributed by atoms with E-state index in [0.29, 0.717) is 30.2 Å². The van der Waals surface area contributed by atoms with Crippen molar-refractivity contribution in [3.63, 3.8) is 0 Å². The molecular formula is C25H46N4O3. The van der Waals surface area contributed by atoms with E-state index in [9.17, 15) is 4.79 Å². The molecule has 3 atom stereocenters. The zero-order valence-electron chi connectivity index (χ0n) is 20.8. The van der Waals surface area contributed by atoms with Gasteiger partial charge < -0.3 is 19.3 Å². The number of ether oxygens (including phenoxy) is 2. The van der Waals surface area contributed by atoms with Crippen molar-refractivity contribution in [1.29, 1.82) is 0 Å². The molecule has 0 aromatic heterocycles. The molecule has 4 rings (SSSR count). The fourth-order valence-corrected chi connectivity index (χ4v) is 6.55. The Morgan fingerprint density at radius 2 is 1.84 bits per heavy atom. The van der Waals surface area contributed by atoms with Crippen molar-refractivity contribution in [1.82, 2.24) is 19.6 Å². The second kappa shape index (κ2) is 11.1. The number of piperazine rings is 1. The number of fused-ring (bicyclic) bond motifs is 1. The highest BCUT2D eigenvalue weighted by atomic mass is 16.7. The molecule has 0 N–H and O–H groups in total. The normalized spacial score (nSPS) is 31.7. The average Bonchev–Trinajstić information content (AvgIpc) is 3.23. The van der Waals surface area contributed by atoms with Crippen molar-refractivity contribution in [2.75, 3.05) is 79.2 Å². The molecule has 3 saturated heterocycles. The first kappa shape index (κ1) is 24.4. The highest BCUT2D eigenvalue weighted by Crippen LogP contribution is 2.45. The molecule has 0 aromatic carbocycles. The highest BCUT2D eigenvalue weighted by molar-refractivity contribution is 5.76. The van der Waals surface area contributed by atoms with Gasteiger partial charge >= 0.3 is 0 Å². The van der Waals surface area contributed by atoms with Crippen LogP contribution in [0.15, 0.2) is 0 Å². The van der Waals surface area contributed by atoms with Gasteiger partial charge in [-0.05, 0) is 51.6 Å². The van der Waals surface area contributed by atoms with Crippen LogP contribution in [0.5, 0.6) is 0 Å². The summed E-state index contributed by atoms with van der Waals surface area (Å²) in [7, 11) is 2.19. The van der Waals surface area contributed by atoms with Crippen LogP contribution >= 0.6 is 0 Å². The largest absolute Gasteiger partial charge is 0.348 e. The van der Waals surface area contributed by atoms with Crippen LogP contribution in [0.4, 0.5) is 0 Å². The minimum atomic E-state index is -0.330. The molecule has 0 radical (unpaired) electrons. The van der Waals surface area contributed by atoms with E-state index in [0.717, 1.165) is 97.8 Å². The van der Waals surface area contributed by atoms with Crippen molar-refractivity contribution in [3.8, 4) is 0 Å². The standard InChI is InChI=1S/C25H46N4O3/c1-4-8-29-20-21(17-22-19-25(7-6-23(22)29)31-15-16-32-25)18-24(30)28(5-2)14-13-27-11-9-26(3)10-12-27/h21-23H,4-20H2,1-3H3/t21-,22-,23-/m1/s1. The summed E-state index contributed by atoms with van der Waals surface area (Å²) in [6, 6.07) is 0.638. The summed E-state index contributed by atoms with van der Waals surface area (Å²) in [6.45, 7) is 15.3. The summed E-state index contributed by atoms with van der Waals surface area (Å²) in [4.78, 5) is 22.9. The topological polar surface area (TPSA) is 48.5 Å². The first-order valence-electron chi connectivity index (χ1n) is 13.2. The van der Waals surface area contributed by atoms with E-state index in [1.807, 2.05) is 0 Å². The number of hydrogen-bond acceptors (Lipinski definition) is 6. The molecule has 3 aliphatic heterocycles. The molecule has 0 aromatic rings. The zero-order chi connectivity index (χ0) is 22.6. The number of nitrogens with zero attached hydrogens (tertiary/aromatic N) is 4. The molecule has 1 spiro atoms. The molecule has 7 nitrogen and oxygen atoms in total. The Labute approximate surface area is 195 Å². The highest BCUT2D eigenvalue weighted by Gasteiger charge is 2.49. The minimum Gasteiger partial charge on any atom is -0.348 e. The lowest BCUT2D eigenvalue weighted by Crippen LogP contribution is -2.55. The van der Waals surface area contributed by atoms with Crippen LogP contribution < -0.4 is 0 Å². The van der Waals surface area contributed by atoms with E-state index < -0.39 is 0 Å². The van der Waals surface area contributed by atoms with Crippen LogP contribution in [-0.2, 0) is 14.3 Å². The van der Waals surface area contributed by atoms with Crippen LogP contribution in [0.3, 0.4) is 0 Å². The van der Waals surface area contributed by atoms with Gasteiger partial charge in [-0.15, -0.1) is 0 Å². The lowest BCUT2D eigenvalue weighted by Gasteiger charge is -2.51. The van der Waals surface area contributed by atoms with E-state index in [1.54, 1.807) is 0 Å². The lowest BCUT2D eigenvalue weighted by molar-refractivity contribution is -0.203. The molecule has 0 unspecified atom stereocenters. The van der Waals surface area contributed by atoms with E-state index in [-0.39, 0.29) is 5.79 Å². The summed E-state index contributed by atoms with van der Waals surface area (Å²) in [6.07, 6.45) is 6.19. The van der Waals surface area contributed by atoms with E-state index in [1.165, 1.54) is 6.42 Å². The van der Waals surface area contributed by atoms with Crippen molar-refractivity contribution < 1.29 is 14.3 Å². The van der Waals surface area contributed by atoms with Gasteiger partial charge in [-0.25, -0.2) is 0 Å². The van der Waals surface area contributed by atoms with Gasteiger partial charge in [-0.2, -0.15) is 0 Å². The Kier molecular flexibility index (Phi) is 8.49. The van der Waals surface area contributed by atoms with Gasteiger partial charge in [-0.3, -0.25) is 14.6 Å². The van der Waals surface area contributed by atoms with Crippen molar-refractivity contribution in [2.24, 2.45) is 11.8 Å². The molecule has 4 aliphatic rings. The van der Waals surface area contributed by atoms with E-state index >= 15 is 0 Å². The molecule has 0 bridgehead atoms. The second-order valence-corrected chi connectivity index (χ2v) is 10.6. The van der Waals surface area contributed by atoms with Gasteiger partial charge in [0.1, 0.15) is 0 Å². The molecule has 32 heavy (non-hydrogen) atoms. The summed E-state index contributed by atoms with van der Waals surface area (Å²) >= 11 is 0. The summed E-state index contributed by atoms with van der Waals surface area (Å²) in [5.41, 5.74) is 0. The van der Waals surface area contributed by atoms with Crippen LogP contribution in [0.25, 0.3) is 0 Å². The van der Waals surface area contributed by atoms with Gasteiger partial charge in [0.25, 0.3) is 0 Å². The van der Waals surface area contributed by atoms with Crippen LogP contribution in [-0.4, -0.2) is 117 Å². The summed E-state index contributed by atoms with van der Waals surface area (Å²) < 4.78 is 12.1. The monoisotopic (exact) mass is 450 g/mol. The second-order valence-electron chi connectivity index (χ2n) is 10.6. The number of carbonyl (C=O) groups excluding carboxylic acids is 1. The molecular weight excluding hydrogens is 404 g/mol. The maximum Gasteiger partial charge on any atom is 0.222 e. The van der Waals surface area contributed by atoms with Gasteiger partial charge in [0.15, 0.2) is 5.79 Å². The third-order valence-electron chi connectivity index (χ3n) is 8.34. The average molecular weight is 451 g/mol. The Balaban J connectivity index is 1.31. The smallest absolute Gasteiger partial charge is 0.222 e. The molecule has 1 amide bonds. The number of rotatable bonds is 8. The van der Waals surface area contributed by atoms with Crippen molar-refractivity contribution >= 4 is 5.91 Å². The van der Waals surface area contributed by atoms with Crippen LogP contribution in [0.2, 0.25) is 0 Å². The fourth-order valence-electron chi connectivity index (χ4n) is 6.55. The number of piperidine rings is 1. The predicted octanol–water partition coefficient (Wildman–Crippen LogP) is 2.12. The van der Waals surface area contributed by atoms with Crippen molar-refractivity contribution in [3.05, 3.63) is 0 Å². The van der Waals surface area contributed by atoms with E-state index in [2.05, 4.69) is 40.5 Å². The fraction of sp³-hybridized carbons (Fsp3) is 0.960. The van der Waals surface area contributed by atoms with Crippen LogP contribution in [0, 0.1) is 11.8 Å². The molecule has 3 heterocycles. The first-order valence-corrected chi connectivity index (χ1v) is 13.2. The van der Waals surface area contributed by atoms with Gasteiger partial charge in [0, 0.05) is 77.7 Å². The molecule has 184 valence electrons. The Hall–Kier alpha value is -0.730. The molecule has 1 saturated carbocycles.